The Labute approximate surface area is 106 Å². The van der Waals surface area contributed by atoms with Gasteiger partial charge in [-0.15, -0.1) is 0 Å². The summed E-state index contributed by atoms with van der Waals surface area (Å²) < 4.78 is 0. The minimum absolute atomic E-state index is 0.581. The topological polar surface area (TPSA) is 52.8 Å². The Morgan fingerprint density at radius 2 is 2.18 bits per heavy atom. The van der Waals surface area contributed by atoms with E-state index in [0.29, 0.717) is 5.56 Å². The number of thioether (sulfide) groups is 1. The summed E-state index contributed by atoms with van der Waals surface area (Å²) in [5.74, 6) is 1.58. The fraction of sp³-hybridized carbons (Fsp3) is 0.583. The van der Waals surface area contributed by atoms with Gasteiger partial charge in [0.15, 0.2) is 11.0 Å². The van der Waals surface area contributed by atoms with E-state index in [1.165, 1.54) is 24.6 Å². The van der Waals surface area contributed by atoms with Crippen molar-refractivity contribution in [2.75, 3.05) is 24.2 Å². The van der Waals surface area contributed by atoms with Crippen molar-refractivity contribution in [3.8, 4) is 6.07 Å². The summed E-state index contributed by atoms with van der Waals surface area (Å²) in [4.78, 5) is 10.8. The molecule has 0 unspecified atom stereocenters. The SMILES string of the molecule is CSc1ncc(C#N)c(N2CCC(C)CC2)n1. The highest BCUT2D eigenvalue weighted by Gasteiger charge is 2.20. The van der Waals surface area contributed by atoms with Crippen molar-refractivity contribution in [1.29, 1.82) is 5.26 Å². The largest absolute Gasteiger partial charge is 0.355 e. The van der Waals surface area contributed by atoms with Crippen molar-refractivity contribution in [2.45, 2.75) is 24.9 Å². The molecule has 0 N–H and O–H groups in total. The molecular formula is C12H16N4S. The molecule has 0 spiro atoms. The van der Waals surface area contributed by atoms with Crippen molar-refractivity contribution < 1.29 is 0 Å². The third-order valence-corrected chi connectivity index (χ3v) is 3.69. The first-order valence-electron chi connectivity index (χ1n) is 5.80. The lowest BCUT2D eigenvalue weighted by atomic mass is 9.99. The molecule has 0 aromatic carbocycles. The Morgan fingerprint density at radius 3 is 2.76 bits per heavy atom. The van der Waals surface area contributed by atoms with Crippen LogP contribution in [0.4, 0.5) is 5.82 Å². The average molecular weight is 248 g/mol. The Kier molecular flexibility index (Phi) is 3.85. The van der Waals surface area contributed by atoms with Gasteiger partial charge in [0.25, 0.3) is 0 Å². The van der Waals surface area contributed by atoms with E-state index < -0.39 is 0 Å². The summed E-state index contributed by atoms with van der Waals surface area (Å²) in [6, 6.07) is 2.18. The molecule has 1 aromatic heterocycles. The number of anilines is 1. The lowest BCUT2D eigenvalue weighted by molar-refractivity contribution is 0.435. The highest BCUT2D eigenvalue weighted by molar-refractivity contribution is 7.98. The van der Waals surface area contributed by atoms with E-state index in [-0.39, 0.29) is 0 Å². The summed E-state index contributed by atoms with van der Waals surface area (Å²) in [5.41, 5.74) is 0.581. The number of rotatable bonds is 2. The number of nitrogens with zero attached hydrogens (tertiary/aromatic N) is 4. The highest BCUT2D eigenvalue weighted by atomic mass is 32.2. The van der Waals surface area contributed by atoms with Crippen molar-refractivity contribution in [2.24, 2.45) is 5.92 Å². The molecule has 0 bridgehead atoms. The first kappa shape index (κ1) is 12.2. The van der Waals surface area contributed by atoms with Crippen LogP contribution in [0.3, 0.4) is 0 Å². The zero-order chi connectivity index (χ0) is 12.3. The average Bonchev–Trinajstić information content (AvgIpc) is 2.39. The van der Waals surface area contributed by atoms with Gasteiger partial charge in [-0.2, -0.15) is 5.26 Å². The fourth-order valence-electron chi connectivity index (χ4n) is 2.00. The molecule has 0 radical (unpaired) electrons. The second kappa shape index (κ2) is 5.37. The van der Waals surface area contributed by atoms with E-state index in [0.717, 1.165) is 30.0 Å². The summed E-state index contributed by atoms with van der Waals surface area (Å²) in [6.07, 6.45) is 5.92. The molecule has 4 nitrogen and oxygen atoms in total. The quantitative estimate of drug-likeness (QED) is 0.594. The van der Waals surface area contributed by atoms with Crippen LogP contribution in [0.2, 0.25) is 0 Å². The maximum Gasteiger partial charge on any atom is 0.189 e. The Hall–Kier alpha value is -1.28. The van der Waals surface area contributed by atoms with Gasteiger partial charge in [0.05, 0.1) is 6.20 Å². The van der Waals surface area contributed by atoms with E-state index in [4.69, 9.17) is 5.26 Å². The molecule has 1 aliphatic rings. The van der Waals surface area contributed by atoms with E-state index in [1.807, 2.05) is 6.26 Å². The zero-order valence-corrected chi connectivity index (χ0v) is 11.0. The summed E-state index contributed by atoms with van der Waals surface area (Å²) in [5, 5.41) is 9.84. The van der Waals surface area contributed by atoms with Gasteiger partial charge in [-0.05, 0) is 25.0 Å². The smallest absolute Gasteiger partial charge is 0.189 e. The van der Waals surface area contributed by atoms with Crippen molar-refractivity contribution >= 4 is 17.6 Å². The van der Waals surface area contributed by atoms with Crippen LogP contribution in [0.5, 0.6) is 0 Å². The Bertz CT molecular complexity index is 433. The van der Waals surface area contributed by atoms with E-state index in [2.05, 4.69) is 27.9 Å². The number of piperidine rings is 1. The molecule has 1 aromatic rings. The molecule has 0 atom stereocenters. The summed E-state index contributed by atoms with van der Waals surface area (Å²) in [7, 11) is 0. The summed E-state index contributed by atoms with van der Waals surface area (Å²) >= 11 is 1.51. The predicted octanol–water partition coefficient (Wildman–Crippen LogP) is 2.31. The third-order valence-electron chi connectivity index (χ3n) is 3.13. The monoisotopic (exact) mass is 248 g/mol. The molecule has 0 amide bonds. The number of nitriles is 1. The number of aromatic nitrogens is 2. The Morgan fingerprint density at radius 1 is 1.47 bits per heavy atom. The molecule has 5 heteroatoms. The molecule has 0 saturated carbocycles. The molecule has 2 heterocycles. The minimum Gasteiger partial charge on any atom is -0.355 e. The van der Waals surface area contributed by atoms with Crippen LogP contribution in [-0.2, 0) is 0 Å². The maximum atomic E-state index is 9.10. The lowest BCUT2D eigenvalue weighted by Gasteiger charge is -2.31. The Balaban J connectivity index is 2.27. The molecule has 1 saturated heterocycles. The van der Waals surface area contributed by atoms with Crippen LogP contribution >= 0.6 is 11.8 Å². The molecule has 2 rings (SSSR count). The minimum atomic E-state index is 0.581. The molecular weight excluding hydrogens is 232 g/mol. The highest BCUT2D eigenvalue weighted by Crippen LogP contribution is 2.25. The zero-order valence-electron chi connectivity index (χ0n) is 10.2. The number of hydrogen-bond donors (Lipinski definition) is 0. The second-order valence-corrected chi connectivity index (χ2v) is 5.15. The lowest BCUT2D eigenvalue weighted by Crippen LogP contribution is -2.34. The van der Waals surface area contributed by atoms with E-state index >= 15 is 0 Å². The molecule has 1 aliphatic heterocycles. The van der Waals surface area contributed by atoms with Gasteiger partial charge < -0.3 is 4.90 Å². The normalized spacial score (nSPS) is 16.9. The fourth-order valence-corrected chi connectivity index (χ4v) is 2.33. The molecule has 17 heavy (non-hydrogen) atoms. The van der Waals surface area contributed by atoms with Crippen LogP contribution in [-0.4, -0.2) is 29.3 Å². The van der Waals surface area contributed by atoms with Gasteiger partial charge in [-0.3, -0.25) is 0 Å². The van der Waals surface area contributed by atoms with Gasteiger partial charge in [-0.1, -0.05) is 18.7 Å². The van der Waals surface area contributed by atoms with Crippen LogP contribution in [0.25, 0.3) is 0 Å². The molecule has 1 fully saturated rings. The second-order valence-electron chi connectivity index (χ2n) is 4.38. The number of hydrogen-bond acceptors (Lipinski definition) is 5. The first-order valence-corrected chi connectivity index (χ1v) is 7.03. The van der Waals surface area contributed by atoms with Crippen molar-refractivity contribution in [1.82, 2.24) is 9.97 Å². The van der Waals surface area contributed by atoms with Crippen molar-refractivity contribution in [3.05, 3.63) is 11.8 Å². The van der Waals surface area contributed by atoms with Gasteiger partial charge >= 0.3 is 0 Å². The van der Waals surface area contributed by atoms with Gasteiger partial charge in [0.2, 0.25) is 0 Å². The van der Waals surface area contributed by atoms with Gasteiger partial charge in [0, 0.05) is 13.1 Å². The van der Waals surface area contributed by atoms with E-state index in [1.54, 1.807) is 6.20 Å². The van der Waals surface area contributed by atoms with Crippen LogP contribution in [0, 0.1) is 17.2 Å². The molecule has 90 valence electrons. The summed E-state index contributed by atoms with van der Waals surface area (Å²) in [6.45, 7) is 4.25. The van der Waals surface area contributed by atoms with E-state index in [9.17, 15) is 0 Å². The van der Waals surface area contributed by atoms with Crippen LogP contribution in [0.15, 0.2) is 11.4 Å². The van der Waals surface area contributed by atoms with Crippen LogP contribution in [0.1, 0.15) is 25.3 Å². The predicted molar refractivity (Wildman–Crippen MR) is 69.1 cm³/mol. The van der Waals surface area contributed by atoms with Gasteiger partial charge in [-0.25, -0.2) is 9.97 Å². The third kappa shape index (κ3) is 2.70. The standard InChI is InChI=1S/C12H16N4S/c1-9-3-5-16(6-4-9)11-10(7-13)8-14-12(15-11)17-2/h8-9H,3-6H2,1-2H3. The first-order chi connectivity index (χ1) is 8.24. The van der Waals surface area contributed by atoms with Crippen molar-refractivity contribution in [3.63, 3.8) is 0 Å². The maximum absolute atomic E-state index is 9.10. The van der Waals surface area contributed by atoms with Gasteiger partial charge in [0.1, 0.15) is 11.6 Å². The molecule has 0 aliphatic carbocycles. The van der Waals surface area contributed by atoms with Crippen LogP contribution < -0.4 is 4.90 Å².